The van der Waals surface area contributed by atoms with E-state index in [1.807, 2.05) is 0 Å². The number of pyridine rings is 1. The number of nitrogens with one attached hydrogen (secondary N) is 1. The Morgan fingerprint density at radius 1 is 1.77 bits per heavy atom. The number of hydrogen-bond donors (Lipinski definition) is 2. The minimum absolute atomic E-state index is 0.0358. The lowest BCUT2D eigenvalue weighted by Crippen LogP contribution is -2.11. The van der Waals surface area contributed by atoms with Crippen molar-refractivity contribution in [3.05, 3.63) is 28.2 Å². The van der Waals surface area contributed by atoms with Crippen molar-refractivity contribution in [2.45, 2.75) is 6.42 Å². The van der Waals surface area contributed by atoms with Crippen molar-refractivity contribution in [1.82, 2.24) is 4.98 Å². The van der Waals surface area contributed by atoms with Crippen LogP contribution in [0.25, 0.3) is 0 Å². The maximum atomic E-state index is 11.1. The second-order valence-electron chi connectivity index (χ2n) is 2.35. The molecule has 0 unspecified atom stereocenters. The highest BCUT2D eigenvalue weighted by Crippen LogP contribution is 2.09. The van der Waals surface area contributed by atoms with Gasteiger partial charge in [-0.3, -0.25) is 4.79 Å². The van der Waals surface area contributed by atoms with Crippen LogP contribution in [0, 0.1) is 0 Å². The lowest BCUT2D eigenvalue weighted by Gasteiger charge is -1.97. The molecular formula is C8H10N2O3. The van der Waals surface area contributed by atoms with E-state index in [0.29, 0.717) is 0 Å². The second-order valence-corrected chi connectivity index (χ2v) is 2.35. The van der Waals surface area contributed by atoms with E-state index >= 15 is 0 Å². The monoisotopic (exact) mass is 182 g/mol. The molecule has 0 aliphatic heterocycles. The SMILES string of the molecule is CON=CCc1c(O)cc[nH]c1=O. The van der Waals surface area contributed by atoms with E-state index in [1.54, 1.807) is 0 Å². The molecule has 1 rings (SSSR count). The molecule has 0 atom stereocenters. The maximum Gasteiger partial charge on any atom is 0.255 e. The van der Waals surface area contributed by atoms with Crippen LogP contribution >= 0.6 is 0 Å². The van der Waals surface area contributed by atoms with Crippen LogP contribution in [0.1, 0.15) is 5.56 Å². The summed E-state index contributed by atoms with van der Waals surface area (Å²) in [7, 11) is 1.41. The van der Waals surface area contributed by atoms with Crippen LogP contribution in [0.4, 0.5) is 0 Å². The number of hydrogen-bond acceptors (Lipinski definition) is 4. The Bertz CT molecular complexity index is 357. The van der Waals surface area contributed by atoms with Gasteiger partial charge in [0.05, 0.1) is 5.56 Å². The molecule has 0 bridgehead atoms. The summed E-state index contributed by atoms with van der Waals surface area (Å²) in [5.74, 6) is -0.0358. The Morgan fingerprint density at radius 2 is 2.54 bits per heavy atom. The number of aromatic nitrogens is 1. The Kier molecular flexibility index (Phi) is 3.08. The van der Waals surface area contributed by atoms with Gasteiger partial charge in [-0.15, -0.1) is 0 Å². The first kappa shape index (κ1) is 9.31. The van der Waals surface area contributed by atoms with Crippen molar-refractivity contribution in [3.8, 4) is 5.75 Å². The van der Waals surface area contributed by atoms with Crippen LogP contribution in [-0.4, -0.2) is 23.4 Å². The largest absolute Gasteiger partial charge is 0.507 e. The molecule has 1 aromatic heterocycles. The number of aromatic hydroxyl groups is 1. The molecule has 0 spiro atoms. The molecule has 0 radical (unpaired) electrons. The van der Waals surface area contributed by atoms with Crippen LogP contribution in [0.3, 0.4) is 0 Å². The Balaban J connectivity index is 2.87. The van der Waals surface area contributed by atoms with Crippen LogP contribution in [0.5, 0.6) is 5.75 Å². The first-order valence-electron chi connectivity index (χ1n) is 3.70. The molecule has 0 aliphatic rings. The van der Waals surface area contributed by atoms with Gasteiger partial charge in [0.1, 0.15) is 12.9 Å². The third-order valence-electron chi connectivity index (χ3n) is 1.51. The third kappa shape index (κ3) is 2.33. The quantitative estimate of drug-likeness (QED) is 0.520. The smallest absolute Gasteiger partial charge is 0.255 e. The summed E-state index contributed by atoms with van der Waals surface area (Å²) in [4.78, 5) is 18.0. The molecule has 2 N–H and O–H groups in total. The highest BCUT2D eigenvalue weighted by atomic mass is 16.6. The topological polar surface area (TPSA) is 74.7 Å². The number of H-pyrrole nitrogens is 1. The lowest BCUT2D eigenvalue weighted by molar-refractivity contribution is 0.214. The van der Waals surface area contributed by atoms with Gasteiger partial charge in [-0.2, -0.15) is 0 Å². The molecule has 0 aromatic carbocycles. The average molecular weight is 182 g/mol. The predicted octanol–water partition coefficient (Wildman–Crippen LogP) is 0.255. The molecular weight excluding hydrogens is 172 g/mol. The lowest BCUT2D eigenvalue weighted by atomic mass is 10.2. The second kappa shape index (κ2) is 4.30. The fraction of sp³-hybridized carbons (Fsp3) is 0.250. The molecule has 5 heteroatoms. The van der Waals surface area contributed by atoms with E-state index in [0.717, 1.165) is 0 Å². The third-order valence-corrected chi connectivity index (χ3v) is 1.51. The fourth-order valence-corrected chi connectivity index (χ4v) is 0.901. The van der Waals surface area contributed by atoms with Gasteiger partial charge in [-0.1, -0.05) is 5.16 Å². The van der Waals surface area contributed by atoms with Crippen molar-refractivity contribution in [1.29, 1.82) is 0 Å². The van der Waals surface area contributed by atoms with Gasteiger partial charge in [-0.25, -0.2) is 0 Å². The van der Waals surface area contributed by atoms with E-state index in [2.05, 4.69) is 15.0 Å². The van der Waals surface area contributed by atoms with Crippen molar-refractivity contribution in [2.24, 2.45) is 5.16 Å². The van der Waals surface area contributed by atoms with Crippen LogP contribution in [0.15, 0.2) is 22.2 Å². The van der Waals surface area contributed by atoms with Crippen LogP contribution in [0.2, 0.25) is 0 Å². The van der Waals surface area contributed by atoms with Gasteiger partial charge in [0.25, 0.3) is 5.56 Å². The summed E-state index contributed by atoms with van der Waals surface area (Å²) in [6.45, 7) is 0. The Labute approximate surface area is 74.7 Å². The number of oxime groups is 1. The summed E-state index contributed by atoms with van der Waals surface area (Å²) in [5.41, 5.74) is -0.0362. The van der Waals surface area contributed by atoms with Gasteiger partial charge in [0.15, 0.2) is 0 Å². The Morgan fingerprint density at radius 3 is 3.15 bits per heavy atom. The highest BCUT2D eigenvalue weighted by Gasteiger charge is 2.02. The molecule has 13 heavy (non-hydrogen) atoms. The average Bonchev–Trinajstić information content (AvgIpc) is 2.10. The molecule has 70 valence electrons. The van der Waals surface area contributed by atoms with Crippen molar-refractivity contribution in [3.63, 3.8) is 0 Å². The molecule has 1 heterocycles. The van der Waals surface area contributed by atoms with Gasteiger partial charge in [0.2, 0.25) is 0 Å². The molecule has 0 saturated carbocycles. The van der Waals surface area contributed by atoms with E-state index in [-0.39, 0.29) is 23.3 Å². The molecule has 0 aliphatic carbocycles. The van der Waals surface area contributed by atoms with E-state index < -0.39 is 0 Å². The molecule has 0 fully saturated rings. The Hall–Kier alpha value is -1.78. The highest BCUT2D eigenvalue weighted by molar-refractivity contribution is 5.62. The van der Waals surface area contributed by atoms with Crippen LogP contribution < -0.4 is 5.56 Å². The first-order valence-corrected chi connectivity index (χ1v) is 3.70. The van der Waals surface area contributed by atoms with Crippen LogP contribution in [-0.2, 0) is 11.3 Å². The minimum atomic E-state index is -0.317. The van der Waals surface area contributed by atoms with Crippen molar-refractivity contribution >= 4 is 6.21 Å². The zero-order chi connectivity index (χ0) is 9.68. The normalized spacial score (nSPS) is 10.5. The predicted molar refractivity (Wildman–Crippen MR) is 47.9 cm³/mol. The van der Waals surface area contributed by atoms with Gasteiger partial charge < -0.3 is 14.9 Å². The zero-order valence-corrected chi connectivity index (χ0v) is 7.15. The summed E-state index contributed by atoms with van der Waals surface area (Å²) in [5, 5.41) is 12.7. The van der Waals surface area contributed by atoms with Gasteiger partial charge in [-0.05, 0) is 6.07 Å². The number of aromatic amines is 1. The fourth-order valence-electron chi connectivity index (χ4n) is 0.901. The standard InChI is InChI=1S/C8H10N2O3/c1-13-10-5-2-6-7(11)3-4-9-8(6)12/h3-5H,2H2,1H3,(H2,9,11,12). The summed E-state index contributed by atoms with van der Waals surface area (Å²) in [6.07, 6.45) is 3.04. The van der Waals surface area contributed by atoms with E-state index in [9.17, 15) is 9.90 Å². The number of nitrogens with zero attached hydrogens (tertiary/aromatic N) is 1. The minimum Gasteiger partial charge on any atom is -0.507 e. The molecule has 1 aromatic rings. The molecule has 5 nitrogen and oxygen atoms in total. The number of rotatable bonds is 3. The zero-order valence-electron chi connectivity index (χ0n) is 7.15. The molecule has 0 amide bonds. The first-order chi connectivity index (χ1) is 6.25. The summed E-state index contributed by atoms with van der Waals surface area (Å²) >= 11 is 0. The molecule has 0 saturated heterocycles. The van der Waals surface area contributed by atoms with E-state index in [1.165, 1.54) is 25.6 Å². The van der Waals surface area contributed by atoms with E-state index in [4.69, 9.17) is 0 Å². The van der Waals surface area contributed by atoms with Crippen molar-refractivity contribution < 1.29 is 9.94 Å². The van der Waals surface area contributed by atoms with Gasteiger partial charge in [0, 0.05) is 18.8 Å². The van der Waals surface area contributed by atoms with Gasteiger partial charge >= 0.3 is 0 Å². The summed E-state index contributed by atoms with van der Waals surface area (Å²) in [6, 6.07) is 1.41. The maximum absolute atomic E-state index is 11.1. The van der Waals surface area contributed by atoms with Crippen molar-refractivity contribution in [2.75, 3.05) is 7.11 Å². The summed E-state index contributed by atoms with van der Waals surface area (Å²) < 4.78 is 0.